The van der Waals surface area contributed by atoms with E-state index in [0.29, 0.717) is 5.56 Å². The van der Waals surface area contributed by atoms with Crippen molar-refractivity contribution in [2.45, 2.75) is 13.0 Å². The van der Waals surface area contributed by atoms with E-state index < -0.39 is 23.5 Å². The molecule has 2 nitrogen and oxygen atoms in total. The smallest absolute Gasteiger partial charge is 0.201 e. The molecular weight excluding hydrogens is 255 g/mol. The van der Waals surface area contributed by atoms with Gasteiger partial charge in [-0.1, -0.05) is 18.2 Å². The van der Waals surface area contributed by atoms with E-state index in [1.54, 1.807) is 13.0 Å². The van der Waals surface area contributed by atoms with Crippen LogP contribution in [0.5, 0.6) is 11.5 Å². The lowest BCUT2D eigenvalue weighted by atomic mass is 10.1. The van der Waals surface area contributed by atoms with Crippen molar-refractivity contribution < 1.29 is 17.9 Å². The topological polar surface area (TPSA) is 35.2 Å². The van der Waals surface area contributed by atoms with E-state index in [1.807, 2.05) is 0 Å². The molecule has 0 heterocycles. The third-order valence-electron chi connectivity index (χ3n) is 2.62. The van der Waals surface area contributed by atoms with Gasteiger partial charge in [0.2, 0.25) is 5.82 Å². The van der Waals surface area contributed by atoms with Crippen molar-refractivity contribution in [1.29, 1.82) is 0 Å². The molecule has 2 rings (SSSR count). The van der Waals surface area contributed by atoms with Gasteiger partial charge in [0.25, 0.3) is 0 Å². The van der Waals surface area contributed by atoms with E-state index in [0.717, 1.165) is 6.07 Å². The Hall–Kier alpha value is -2.01. The molecule has 5 heteroatoms. The molecule has 2 N–H and O–H groups in total. The first kappa shape index (κ1) is 13.4. The molecule has 0 aliphatic rings. The molecule has 0 aromatic heterocycles. The van der Waals surface area contributed by atoms with E-state index in [4.69, 9.17) is 10.5 Å². The number of benzene rings is 2. The average molecular weight is 267 g/mol. The van der Waals surface area contributed by atoms with E-state index in [-0.39, 0.29) is 11.5 Å². The molecule has 0 fully saturated rings. The number of para-hydroxylation sites is 1. The molecule has 2 aromatic rings. The van der Waals surface area contributed by atoms with Crippen molar-refractivity contribution in [3.05, 3.63) is 59.4 Å². The first-order valence-electron chi connectivity index (χ1n) is 5.66. The summed E-state index contributed by atoms with van der Waals surface area (Å²) in [5.74, 6) is -3.48. The summed E-state index contributed by atoms with van der Waals surface area (Å²) in [6.45, 7) is 1.64. The highest BCUT2D eigenvalue weighted by atomic mass is 19.2. The first-order valence-corrected chi connectivity index (χ1v) is 5.66. The normalized spacial score (nSPS) is 12.3. The van der Waals surface area contributed by atoms with Gasteiger partial charge in [0, 0.05) is 11.6 Å². The van der Waals surface area contributed by atoms with Crippen molar-refractivity contribution >= 4 is 0 Å². The molecule has 2 aromatic carbocycles. The lowest BCUT2D eigenvalue weighted by molar-refractivity contribution is 0.391. The van der Waals surface area contributed by atoms with Gasteiger partial charge in [-0.15, -0.1) is 0 Å². The van der Waals surface area contributed by atoms with Gasteiger partial charge in [0.05, 0.1) is 0 Å². The SMILES string of the molecule is C[C@H](N)c1cccc(F)c1Oc1cccc(F)c1F. The van der Waals surface area contributed by atoms with Crippen LogP contribution in [0.2, 0.25) is 0 Å². The van der Waals surface area contributed by atoms with E-state index in [9.17, 15) is 13.2 Å². The fraction of sp³-hybridized carbons (Fsp3) is 0.143. The number of ether oxygens (including phenoxy) is 1. The van der Waals surface area contributed by atoms with Crippen molar-refractivity contribution in [2.75, 3.05) is 0 Å². The minimum Gasteiger partial charge on any atom is -0.451 e. The van der Waals surface area contributed by atoms with E-state index in [2.05, 4.69) is 0 Å². The van der Waals surface area contributed by atoms with Crippen LogP contribution in [0.4, 0.5) is 13.2 Å². The fourth-order valence-electron chi connectivity index (χ4n) is 1.66. The molecule has 1 atom stereocenters. The summed E-state index contributed by atoms with van der Waals surface area (Å²) in [6.07, 6.45) is 0. The highest BCUT2D eigenvalue weighted by Crippen LogP contribution is 2.33. The second-order valence-corrected chi connectivity index (χ2v) is 4.10. The lowest BCUT2D eigenvalue weighted by Gasteiger charge is -2.14. The Bertz CT molecular complexity index is 599. The molecule has 0 saturated carbocycles. The van der Waals surface area contributed by atoms with Crippen LogP contribution in [-0.2, 0) is 0 Å². The molecule has 0 saturated heterocycles. The van der Waals surface area contributed by atoms with Gasteiger partial charge in [-0.05, 0) is 25.1 Å². The fourth-order valence-corrected chi connectivity index (χ4v) is 1.66. The van der Waals surface area contributed by atoms with Crippen molar-refractivity contribution in [2.24, 2.45) is 5.73 Å². The van der Waals surface area contributed by atoms with Gasteiger partial charge in [-0.2, -0.15) is 4.39 Å². The number of halogens is 3. The summed E-state index contributed by atoms with van der Waals surface area (Å²) in [5.41, 5.74) is 6.07. The predicted octanol–water partition coefficient (Wildman–Crippen LogP) is 3.92. The molecule has 0 amide bonds. The van der Waals surface area contributed by atoms with Crippen LogP contribution in [0.15, 0.2) is 36.4 Å². The number of rotatable bonds is 3. The number of hydrogen-bond acceptors (Lipinski definition) is 2. The van der Waals surface area contributed by atoms with Crippen molar-refractivity contribution in [1.82, 2.24) is 0 Å². The first-order chi connectivity index (χ1) is 9.00. The van der Waals surface area contributed by atoms with Gasteiger partial charge in [0.15, 0.2) is 23.1 Å². The van der Waals surface area contributed by atoms with Crippen LogP contribution < -0.4 is 10.5 Å². The Morgan fingerprint density at radius 3 is 2.32 bits per heavy atom. The van der Waals surface area contributed by atoms with Crippen LogP contribution in [0, 0.1) is 17.5 Å². The average Bonchev–Trinajstić information content (AvgIpc) is 2.36. The Morgan fingerprint density at radius 2 is 1.63 bits per heavy atom. The van der Waals surface area contributed by atoms with Crippen LogP contribution in [0.3, 0.4) is 0 Å². The van der Waals surface area contributed by atoms with Crippen LogP contribution in [0.1, 0.15) is 18.5 Å². The highest BCUT2D eigenvalue weighted by Gasteiger charge is 2.17. The quantitative estimate of drug-likeness (QED) is 0.914. The summed E-state index contributed by atoms with van der Waals surface area (Å²) in [4.78, 5) is 0. The summed E-state index contributed by atoms with van der Waals surface area (Å²) in [6, 6.07) is 7.16. The largest absolute Gasteiger partial charge is 0.451 e. The summed E-state index contributed by atoms with van der Waals surface area (Å²) >= 11 is 0. The van der Waals surface area contributed by atoms with Gasteiger partial charge in [-0.25, -0.2) is 8.78 Å². The molecule has 0 spiro atoms. The van der Waals surface area contributed by atoms with Crippen LogP contribution in [-0.4, -0.2) is 0 Å². The molecule has 0 unspecified atom stereocenters. The molecular formula is C14H12F3NO. The third-order valence-corrected chi connectivity index (χ3v) is 2.62. The molecule has 19 heavy (non-hydrogen) atoms. The van der Waals surface area contributed by atoms with E-state index in [1.165, 1.54) is 24.3 Å². The Kier molecular flexibility index (Phi) is 3.76. The molecule has 0 aliphatic heterocycles. The molecule has 0 bridgehead atoms. The van der Waals surface area contributed by atoms with Gasteiger partial charge in [-0.3, -0.25) is 0 Å². The third kappa shape index (κ3) is 2.71. The Morgan fingerprint density at radius 1 is 1.00 bits per heavy atom. The lowest BCUT2D eigenvalue weighted by Crippen LogP contribution is -2.08. The minimum absolute atomic E-state index is 0.193. The predicted molar refractivity (Wildman–Crippen MR) is 65.4 cm³/mol. The van der Waals surface area contributed by atoms with Crippen LogP contribution >= 0.6 is 0 Å². The maximum Gasteiger partial charge on any atom is 0.201 e. The standard InChI is InChI=1S/C14H12F3NO/c1-8(18)9-4-2-6-11(16)14(9)19-12-7-3-5-10(15)13(12)17/h2-8H,18H2,1H3/t8-/m0/s1. The highest BCUT2D eigenvalue weighted by molar-refractivity contribution is 5.41. The second-order valence-electron chi connectivity index (χ2n) is 4.10. The maximum atomic E-state index is 13.7. The number of nitrogens with two attached hydrogens (primary N) is 1. The Labute approximate surface area is 108 Å². The molecule has 0 aliphatic carbocycles. The molecule has 0 radical (unpaired) electrons. The van der Waals surface area contributed by atoms with Crippen LogP contribution in [0.25, 0.3) is 0 Å². The minimum atomic E-state index is -1.17. The van der Waals surface area contributed by atoms with Gasteiger partial charge < -0.3 is 10.5 Å². The Balaban J connectivity index is 2.46. The molecule has 100 valence electrons. The zero-order valence-corrected chi connectivity index (χ0v) is 10.2. The second kappa shape index (κ2) is 5.32. The van der Waals surface area contributed by atoms with Gasteiger partial charge in [0.1, 0.15) is 0 Å². The summed E-state index contributed by atoms with van der Waals surface area (Å²) in [5, 5.41) is 0. The van der Waals surface area contributed by atoms with Gasteiger partial charge >= 0.3 is 0 Å². The monoisotopic (exact) mass is 267 g/mol. The number of hydrogen-bond donors (Lipinski definition) is 1. The zero-order valence-electron chi connectivity index (χ0n) is 10.2. The summed E-state index contributed by atoms with van der Waals surface area (Å²) < 4.78 is 45.4. The zero-order chi connectivity index (χ0) is 14.0. The van der Waals surface area contributed by atoms with E-state index >= 15 is 0 Å². The van der Waals surface area contributed by atoms with Crippen molar-refractivity contribution in [3.8, 4) is 11.5 Å². The maximum absolute atomic E-state index is 13.7. The summed E-state index contributed by atoms with van der Waals surface area (Å²) in [7, 11) is 0. The van der Waals surface area contributed by atoms with Crippen molar-refractivity contribution in [3.63, 3.8) is 0 Å².